The van der Waals surface area contributed by atoms with Gasteiger partial charge in [-0.05, 0) is 31.5 Å². The SMILES string of the molecule is Cc1nn(C)c(C)c1CNC(=O)c1cccc(CN)c1. The van der Waals surface area contributed by atoms with Crippen molar-refractivity contribution in [2.75, 3.05) is 0 Å². The number of hydrogen-bond acceptors (Lipinski definition) is 3. The van der Waals surface area contributed by atoms with E-state index in [1.54, 1.807) is 6.07 Å². The Balaban J connectivity index is 2.08. The van der Waals surface area contributed by atoms with Gasteiger partial charge in [0.2, 0.25) is 0 Å². The highest BCUT2D eigenvalue weighted by Gasteiger charge is 2.11. The monoisotopic (exact) mass is 272 g/mol. The summed E-state index contributed by atoms with van der Waals surface area (Å²) < 4.78 is 1.83. The van der Waals surface area contributed by atoms with Crippen LogP contribution in [0.5, 0.6) is 0 Å². The highest BCUT2D eigenvalue weighted by atomic mass is 16.1. The van der Waals surface area contributed by atoms with E-state index in [1.807, 2.05) is 43.8 Å². The van der Waals surface area contributed by atoms with E-state index < -0.39 is 0 Å². The molecule has 1 aromatic heterocycles. The molecular formula is C15H20N4O. The number of benzene rings is 1. The minimum atomic E-state index is -0.0945. The lowest BCUT2D eigenvalue weighted by Crippen LogP contribution is -2.23. The summed E-state index contributed by atoms with van der Waals surface area (Å²) in [6.45, 7) is 4.86. The minimum absolute atomic E-state index is 0.0945. The summed E-state index contributed by atoms with van der Waals surface area (Å²) in [4.78, 5) is 12.1. The molecule has 0 aliphatic carbocycles. The number of aryl methyl sites for hydroxylation is 2. The van der Waals surface area contributed by atoms with Crippen molar-refractivity contribution in [3.05, 3.63) is 52.3 Å². The number of amides is 1. The normalized spacial score (nSPS) is 10.6. The van der Waals surface area contributed by atoms with Gasteiger partial charge in [0.15, 0.2) is 0 Å². The van der Waals surface area contributed by atoms with Crippen molar-refractivity contribution >= 4 is 5.91 Å². The first-order valence-electron chi connectivity index (χ1n) is 6.59. The van der Waals surface area contributed by atoms with E-state index in [0.717, 1.165) is 22.5 Å². The molecule has 0 saturated heterocycles. The van der Waals surface area contributed by atoms with E-state index >= 15 is 0 Å². The number of carbonyl (C=O) groups is 1. The van der Waals surface area contributed by atoms with Gasteiger partial charge in [-0.3, -0.25) is 9.48 Å². The molecule has 0 bridgehead atoms. The van der Waals surface area contributed by atoms with Crippen LogP contribution in [0.3, 0.4) is 0 Å². The minimum Gasteiger partial charge on any atom is -0.348 e. The molecule has 2 aromatic rings. The van der Waals surface area contributed by atoms with Gasteiger partial charge in [0.1, 0.15) is 0 Å². The Morgan fingerprint density at radius 3 is 2.75 bits per heavy atom. The van der Waals surface area contributed by atoms with Crippen LogP contribution >= 0.6 is 0 Å². The maximum absolute atomic E-state index is 12.1. The van der Waals surface area contributed by atoms with Crippen molar-refractivity contribution in [2.45, 2.75) is 26.9 Å². The van der Waals surface area contributed by atoms with Gasteiger partial charge in [0, 0.05) is 37.0 Å². The molecule has 0 spiro atoms. The first kappa shape index (κ1) is 14.3. The average molecular weight is 272 g/mol. The van der Waals surface area contributed by atoms with E-state index in [1.165, 1.54) is 0 Å². The fourth-order valence-corrected chi connectivity index (χ4v) is 2.18. The smallest absolute Gasteiger partial charge is 0.251 e. The van der Waals surface area contributed by atoms with Crippen LogP contribution in [0, 0.1) is 13.8 Å². The zero-order chi connectivity index (χ0) is 14.7. The molecule has 20 heavy (non-hydrogen) atoms. The largest absolute Gasteiger partial charge is 0.348 e. The molecule has 1 aromatic carbocycles. The van der Waals surface area contributed by atoms with Crippen LogP contribution in [0.1, 0.15) is 32.9 Å². The van der Waals surface area contributed by atoms with E-state index in [2.05, 4.69) is 10.4 Å². The van der Waals surface area contributed by atoms with Crippen molar-refractivity contribution in [1.82, 2.24) is 15.1 Å². The van der Waals surface area contributed by atoms with E-state index in [-0.39, 0.29) is 5.91 Å². The molecule has 3 N–H and O–H groups in total. The van der Waals surface area contributed by atoms with Crippen LogP contribution < -0.4 is 11.1 Å². The van der Waals surface area contributed by atoms with Crippen molar-refractivity contribution < 1.29 is 4.79 Å². The second-order valence-electron chi connectivity index (χ2n) is 4.86. The standard InChI is InChI=1S/C15H20N4O/c1-10-14(11(2)19(3)18-10)9-17-15(20)13-6-4-5-12(7-13)8-16/h4-7H,8-9,16H2,1-3H3,(H,17,20). The predicted octanol–water partition coefficient (Wildman–Crippen LogP) is 1.43. The third kappa shape index (κ3) is 2.88. The van der Waals surface area contributed by atoms with Crippen molar-refractivity contribution in [1.29, 1.82) is 0 Å². The first-order valence-corrected chi connectivity index (χ1v) is 6.59. The summed E-state index contributed by atoms with van der Waals surface area (Å²) in [5.41, 5.74) is 10.2. The van der Waals surface area contributed by atoms with Crippen molar-refractivity contribution in [3.8, 4) is 0 Å². The highest BCUT2D eigenvalue weighted by Crippen LogP contribution is 2.12. The Kier molecular flexibility index (Phi) is 4.20. The lowest BCUT2D eigenvalue weighted by Gasteiger charge is -2.07. The Morgan fingerprint density at radius 2 is 2.15 bits per heavy atom. The zero-order valence-corrected chi connectivity index (χ0v) is 12.1. The van der Waals surface area contributed by atoms with Crippen LogP contribution in [0.25, 0.3) is 0 Å². The van der Waals surface area contributed by atoms with Gasteiger partial charge < -0.3 is 11.1 Å². The molecule has 5 heteroatoms. The molecular weight excluding hydrogens is 252 g/mol. The Morgan fingerprint density at radius 1 is 1.40 bits per heavy atom. The maximum Gasteiger partial charge on any atom is 0.251 e. The summed E-state index contributed by atoms with van der Waals surface area (Å²) in [6, 6.07) is 7.36. The molecule has 2 rings (SSSR count). The fourth-order valence-electron chi connectivity index (χ4n) is 2.18. The molecule has 0 saturated carbocycles. The van der Waals surface area contributed by atoms with E-state index in [9.17, 15) is 4.79 Å². The van der Waals surface area contributed by atoms with Gasteiger partial charge in [-0.1, -0.05) is 12.1 Å². The summed E-state index contributed by atoms with van der Waals surface area (Å²) in [6.07, 6.45) is 0. The molecule has 106 valence electrons. The number of aromatic nitrogens is 2. The molecule has 0 aliphatic rings. The molecule has 0 atom stereocenters. The second-order valence-corrected chi connectivity index (χ2v) is 4.86. The molecule has 1 amide bonds. The zero-order valence-electron chi connectivity index (χ0n) is 12.1. The Hall–Kier alpha value is -2.14. The molecule has 1 heterocycles. The molecule has 5 nitrogen and oxygen atoms in total. The van der Waals surface area contributed by atoms with Crippen LogP contribution in [0.2, 0.25) is 0 Å². The quantitative estimate of drug-likeness (QED) is 0.884. The summed E-state index contributed by atoms with van der Waals surface area (Å²) in [5.74, 6) is -0.0945. The topological polar surface area (TPSA) is 72.9 Å². The molecule has 0 fully saturated rings. The van der Waals surface area contributed by atoms with Crippen LogP contribution in [-0.2, 0) is 20.1 Å². The van der Waals surface area contributed by atoms with Gasteiger partial charge in [-0.25, -0.2) is 0 Å². The van der Waals surface area contributed by atoms with Gasteiger partial charge in [0.05, 0.1) is 5.69 Å². The van der Waals surface area contributed by atoms with Crippen LogP contribution in [-0.4, -0.2) is 15.7 Å². The lowest BCUT2D eigenvalue weighted by atomic mass is 10.1. The summed E-state index contributed by atoms with van der Waals surface area (Å²) in [7, 11) is 1.90. The summed E-state index contributed by atoms with van der Waals surface area (Å²) >= 11 is 0. The van der Waals surface area contributed by atoms with Gasteiger partial charge >= 0.3 is 0 Å². The van der Waals surface area contributed by atoms with Gasteiger partial charge in [-0.2, -0.15) is 5.10 Å². The predicted molar refractivity (Wildman–Crippen MR) is 78.2 cm³/mol. The lowest BCUT2D eigenvalue weighted by molar-refractivity contribution is 0.0950. The molecule has 0 radical (unpaired) electrons. The van der Waals surface area contributed by atoms with Gasteiger partial charge in [-0.15, -0.1) is 0 Å². The number of nitrogens with one attached hydrogen (secondary N) is 1. The number of nitrogens with zero attached hydrogens (tertiary/aromatic N) is 2. The van der Waals surface area contributed by atoms with E-state index in [4.69, 9.17) is 5.73 Å². The number of rotatable bonds is 4. The molecule has 0 unspecified atom stereocenters. The highest BCUT2D eigenvalue weighted by molar-refractivity contribution is 5.94. The van der Waals surface area contributed by atoms with Crippen molar-refractivity contribution in [3.63, 3.8) is 0 Å². The average Bonchev–Trinajstić information content (AvgIpc) is 2.70. The van der Waals surface area contributed by atoms with Crippen LogP contribution in [0.4, 0.5) is 0 Å². The number of hydrogen-bond donors (Lipinski definition) is 2. The maximum atomic E-state index is 12.1. The fraction of sp³-hybridized carbons (Fsp3) is 0.333. The molecule has 0 aliphatic heterocycles. The number of carbonyl (C=O) groups excluding carboxylic acids is 1. The Labute approximate surface area is 118 Å². The second kappa shape index (κ2) is 5.88. The first-order chi connectivity index (χ1) is 9.52. The van der Waals surface area contributed by atoms with E-state index in [0.29, 0.717) is 18.7 Å². The van der Waals surface area contributed by atoms with Crippen LogP contribution in [0.15, 0.2) is 24.3 Å². The number of nitrogens with two attached hydrogens (primary N) is 1. The third-order valence-corrected chi connectivity index (χ3v) is 3.51. The van der Waals surface area contributed by atoms with Gasteiger partial charge in [0.25, 0.3) is 5.91 Å². The van der Waals surface area contributed by atoms with Crippen molar-refractivity contribution in [2.24, 2.45) is 12.8 Å². The summed E-state index contributed by atoms with van der Waals surface area (Å²) in [5, 5.41) is 7.27. The Bertz CT molecular complexity index is 631. The third-order valence-electron chi connectivity index (χ3n) is 3.51.